The molecule has 2 aromatic heterocycles. The van der Waals surface area contributed by atoms with Gasteiger partial charge in [0.05, 0.1) is 0 Å². The second-order valence-corrected chi connectivity index (χ2v) is 8.89. The fourth-order valence-corrected chi connectivity index (χ4v) is 4.84. The van der Waals surface area contributed by atoms with Gasteiger partial charge >= 0.3 is 0 Å². The third kappa shape index (κ3) is 6.57. The van der Waals surface area contributed by atoms with Crippen LogP contribution in [0.3, 0.4) is 0 Å². The molecule has 0 radical (unpaired) electrons. The van der Waals surface area contributed by atoms with E-state index in [0.29, 0.717) is 5.75 Å². The molecule has 0 spiro atoms. The Morgan fingerprint density at radius 1 is 0.786 bits per heavy atom. The summed E-state index contributed by atoms with van der Waals surface area (Å²) in [6, 6.07) is 16.3. The Bertz CT molecular complexity index is 788. The minimum atomic E-state index is 0.460. The number of benzene rings is 1. The van der Waals surface area contributed by atoms with Gasteiger partial charge in [0.25, 0.3) is 0 Å². The molecule has 0 aliphatic heterocycles. The van der Waals surface area contributed by atoms with E-state index >= 15 is 0 Å². The van der Waals surface area contributed by atoms with Gasteiger partial charge in [0.15, 0.2) is 0 Å². The van der Waals surface area contributed by atoms with Crippen LogP contribution in [-0.4, -0.2) is 26.6 Å². The SMILES string of the molecule is Cc1cc(CSCCc2ccccn2)c(O)c(CSCCc2ccccn2)c1. The monoisotopic (exact) mass is 410 g/mol. The summed E-state index contributed by atoms with van der Waals surface area (Å²) in [7, 11) is 0. The number of thioether (sulfide) groups is 2. The van der Waals surface area contributed by atoms with Crippen molar-refractivity contribution in [2.24, 2.45) is 0 Å². The lowest BCUT2D eigenvalue weighted by Crippen LogP contribution is -1.96. The summed E-state index contributed by atoms with van der Waals surface area (Å²) in [5, 5.41) is 10.7. The van der Waals surface area contributed by atoms with E-state index < -0.39 is 0 Å². The first-order valence-corrected chi connectivity index (χ1v) is 11.8. The van der Waals surface area contributed by atoms with Crippen LogP contribution < -0.4 is 0 Å². The average Bonchev–Trinajstić information content (AvgIpc) is 2.73. The fraction of sp³-hybridized carbons (Fsp3) is 0.304. The lowest BCUT2D eigenvalue weighted by molar-refractivity contribution is 0.465. The molecule has 28 heavy (non-hydrogen) atoms. The molecule has 0 unspecified atom stereocenters. The predicted molar refractivity (Wildman–Crippen MR) is 121 cm³/mol. The van der Waals surface area contributed by atoms with E-state index in [4.69, 9.17) is 0 Å². The summed E-state index contributed by atoms with van der Waals surface area (Å²) < 4.78 is 0. The summed E-state index contributed by atoms with van der Waals surface area (Å²) in [5.41, 5.74) is 5.51. The highest BCUT2D eigenvalue weighted by Crippen LogP contribution is 2.31. The van der Waals surface area contributed by atoms with Gasteiger partial charge in [0, 0.05) is 46.4 Å². The number of hydrogen-bond acceptors (Lipinski definition) is 5. The van der Waals surface area contributed by atoms with Gasteiger partial charge in [-0.3, -0.25) is 9.97 Å². The maximum Gasteiger partial charge on any atom is 0.123 e. The Balaban J connectivity index is 1.48. The van der Waals surface area contributed by atoms with Gasteiger partial charge in [-0.05, 0) is 55.5 Å². The quantitative estimate of drug-likeness (QED) is 0.451. The molecule has 0 saturated carbocycles. The number of pyridine rings is 2. The molecule has 3 nitrogen and oxygen atoms in total. The van der Waals surface area contributed by atoms with Crippen LogP contribution in [0.5, 0.6) is 5.75 Å². The molecule has 3 aromatic rings. The van der Waals surface area contributed by atoms with Crippen LogP contribution in [0.2, 0.25) is 0 Å². The van der Waals surface area contributed by atoms with Gasteiger partial charge in [0.1, 0.15) is 5.75 Å². The zero-order valence-electron chi connectivity index (χ0n) is 16.2. The molecule has 0 fully saturated rings. The first-order chi connectivity index (χ1) is 13.7. The summed E-state index contributed by atoms with van der Waals surface area (Å²) in [6.07, 6.45) is 5.58. The normalized spacial score (nSPS) is 10.9. The molecule has 1 N–H and O–H groups in total. The van der Waals surface area contributed by atoms with E-state index in [2.05, 4.69) is 41.2 Å². The Labute approximate surface area is 176 Å². The minimum Gasteiger partial charge on any atom is -0.507 e. The number of rotatable bonds is 10. The summed E-state index contributed by atoms with van der Waals surface area (Å²) in [4.78, 5) is 8.73. The topological polar surface area (TPSA) is 46.0 Å². The molecule has 5 heteroatoms. The number of hydrogen-bond donors (Lipinski definition) is 1. The highest BCUT2D eigenvalue weighted by molar-refractivity contribution is 7.98. The molecular weight excluding hydrogens is 384 g/mol. The van der Waals surface area contributed by atoms with E-state index in [9.17, 15) is 5.11 Å². The van der Waals surface area contributed by atoms with Crippen molar-refractivity contribution in [2.45, 2.75) is 31.3 Å². The highest BCUT2D eigenvalue weighted by Gasteiger charge is 2.09. The second kappa shape index (κ2) is 11.1. The molecule has 0 amide bonds. The summed E-state index contributed by atoms with van der Waals surface area (Å²) in [5.74, 6) is 4.11. The number of aromatic nitrogens is 2. The summed E-state index contributed by atoms with van der Waals surface area (Å²) >= 11 is 3.69. The van der Waals surface area contributed by atoms with Crippen molar-refractivity contribution in [3.05, 3.63) is 89.0 Å². The number of aromatic hydroxyl groups is 1. The Morgan fingerprint density at radius 2 is 1.29 bits per heavy atom. The van der Waals surface area contributed by atoms with Crippen LogP contribution in [-0.2, 0) is 24.3 Å². The van der Waals surface area contributed by atoms with Gasteiger partial charge in [-0.15, -0.1) is 0 Å². The van der Waals surface area contributed by atoms with Crippen molar-refractivity contribution in [1.82, 2.24) is 9.97 Å². The van der Waals surface area contributed by atoms with Crippen LogP contribution >= 0.6 is 23.5 Å². The van der Waals surface area contributed by atoms with Gasteiger partial charge < -0.3 is 5.11 Å². The van der Waals surface area contributed by atoms with E-state index in [0.717, 1.165) is 58.4 Å². The van der Waals surface area contributed by atoms with Crippen molar-refractivity contribution >= 4 is 23.5 Å². The molecule has 146 valence electrons. The lowest BCUT2D eigenvalue weighted by Gasteiger charge is -2.12. The fourth-order valence-electron chi connectivity index (χ4n) is 2.96. The zero-order chi connectivity index (χ0) is 19.6. The van der Waals surface area contributed by atoms with E-state index in [-0.39, 0.29) is 0 Å². The highest BCUT2D eigenvalue weighted by atomic mass is 32.2. The van der Waals surface area contributed by atoms with E-state index in [1.54, 1.807) is 0 Å². The van der Waals surface area contributed by atoms with Gasteiger partial charge in [-0.25, -0.2) is 0 Å². The molecule has 2 heterocycles. The lowest BCUT2D eigenvalue weighted by atomic mass is 10.1. The van der Waals surface area contributed by atoms with Crippen molar-refractivity contribution in [3.63, 3.8) is 0 Å². The molecule has 0 saturated heterocycles. The number of nitrogens with zero attached hydrogens (tertiary/aromatic N) is 2. The predicted octanol–water partition coefficient (Wildman–Crippen LogP) is 5.44. The first kappa shape index (κ1) is 20.7. The van der Waals surface area contributed by atoms with Gasteiger partial charge in [0.2, 0.25) is 0 Å². The maximum atomic E-state index is 10.7. The number of phenolic OH excluding ortho intramolecular Hbond substituents is 1. The van der Waals surface area contributed by atoms with Crippen molar-refractivity contribution in [2.75, 3.05) is 11.5 Å². The Morgan fingerprint density at radius 3 is 1.71 bits per heavy atom. The molecule has 0 atom stereocenters. The molecule has 0 aliphatic rings. The number of phenols is 1. The average molecular weight is 411 g/mol. The van der Waals surface area contributed by atoms with E-state index in [1.165, 1.54) is 5.56 Å². The largest absolute Gasteiger partial charge is 0.507 e. The van der Waals surface area contributed by atoms with E-state index in [1.807, 2.05) is 60.2 Å². The van der Waals surface area contributed by atoms with Crippen molar-refractivity contribution in [1.29, 1.82) is 0 Å². The smallest absolute Gasteiger partial charge is 0.123 e. The summed E-state index contributed by atoms with van der Waals surface area (Å²) in [6.45, 7) is 2.10. The third-order valence-corrected chi connectivity index (χ3v) is 6.40. The van der Waals surface area contributed by atoms with Crippen molar-refractivity contribution < 1.29 is 5.11 Å². The second-order valence-electron chi connectivity index (χ2n) is 6.68. The molecular formula is C23H26N2OS2. The molecule has 0 aliphatic carbocycles. The number of aryl methyl sites for hydroxylation is 3. The molecule has 0 bridgehead atoms. The third-order valence-electron chi connectivity index (χ3n) is 4.38. The Hall–Kier alpha value is -1.98. The molecule has 3 rings (SSSR count). The van der Waals surface area contributed by atoms with Crippen LogP contribution in [0.4, 0.5) is 0 Å². The van der Waals surface area contributed by atoms with Gasteiger partial charge in [-0.1, -0.05) is 29.8 Å². The standard InChI is InChI=1S/C23H26N2OS2/c1-18-14-19(16-27-12-8-21-6-2-4-10-24-21)23(26)20(15-18)17-28-13-9-22-7-3-5-11-25-22/h2-7,10-11,14-15,26H,8-9,12-13,16-17H2,1H3. The molecule has 1 aromatic carbocycles. The maximum absolute atomic E-state index is 10.7. The van der Waals surface area contributed by atoms with Crippen LogP contribution in [0.15, 0.2) is 60.9 Å². The van der Waals surface area contributed by atoms with Crippen LogP contribution in [0, 0.1) is 6.92 Å². The minimum absolute atomic E-state index is 0.460. The van der Waals surface area contributed by atoms with Crippen LogP contribution in [0.25, 0.3) is 0 Å². The first-order valence-electron chi connectivity index (χ1n) is 9.49. The van der Waals surface area contributed by atoms with Crippen molar-refractivity contribution in [3.8, 4) is 5.75 Å². The Kier molecular flexibility index (Phi) is 8.24. The van der Waals surface area contributed by atoms with Crippen LogP contribution in [0.1, 0.15) is 28.1 Å². The zero-order valence-corrected chi connectivity index (χ0v) is 17.8. The van der Waals surface area contributed by atoms with Gasteiger partial charge in [-0.2, -0.15) is 23.5 Å².